The third-order valence-electron chi connectivity index (χ3n) is 2.74. The zero-order chi connectivity index (χ0) is 15.5. The second-order valence-corrected chi connectivity index (χ2v) is 6.85. The molecule has 0 saturated heterocycles. The second kappa shape index (κ2) is 6.04. The number of H-pyrrole nitrogens is 1. The maximum atomic E-state index is 12.0. The van der Waals surface area contributed by atoms with E-state index in [1.54, 1.807) is 13.8 Å². The molecule has 1 heterocycles. The van der Waals surface area contributed by atoms with Gasteiger partial charge < -0.3 is 10.4 Å². The Morgan fingerprint density at radius 2 is 2.00 bits per heavy atom. The van der Waals surface area contributed by atoms with E-state index in [1.165, 1.54) is 0 Å². The molecule has 8 nitrogen and oxygen atoms in total. The van der Waals surface area contributed by atoms with Crippen molar-refractivity contribution in [3.8, 4) is 0 Å². The van der Waals surface area contributed by atoms with Crippen LogP contribution in [0.2, 0.25) is 0 Å². The number of carbonyl (C=O) groups is 2. The summed E-state index contributed by atoms with van der Waals surface area (Å²) in [4.78, 5) is 23.1. The van der Waals surface area contributed by atoms with Crippen molar-refractivity contribution in [1.82, 2.24) is 15.5 Å². The van der Waals surface area contributed by atoms with E-state index in [2.05, 4.69) is 15.5 Å². The Kier molecular flexibility index (Phi) is 4.88. The number of aromatic amines is 1. The third kappa shape index (κ3) is 4.34. The Hall–Kier alpha value is -1.90. The van der Waals surface area contributed by atoms with Crippen LogP contribution in [0.1, 0.15) is 28.2 Å². The standard InChI is InChI=1S/C11H17N3O5S/c1-6-9(7(2)14-13-6)10(15)12-8(11(16)17)4-5-20(3,18)19/h8H,4-5H2,1-3H3,(H,12,15)(H,13,14)(H,16,17). The minimum atomic E-state index is -3.29. The van der Waals surface area contributed by atoms with Gasteiger partial charge in [0.05, 0.1) is 17.0 Å². The summed E-state index contributed by atoms with van der Waals surface area (Å²) >= 11 is 0. The summed E-state index contributed by atoms with van der Waals surface area (Å²) < 4.78 is 22.1. The monoisotopic (exact) mass is 303 g/mol. The number of rotatable bonds is 6. The van der Waals surface area contributed by atoms with Gasteiger partial charge in [0.2, 0.25) is 0 Å². The topological polar surface area (TPSA) is 129 Å². The molecule has 112 valence electrons. The lowest BCUT2D eigenvalue weighted by atomic mass is 10.1. The molecule has 9 heteroatoms. The average Bonchev–Trinajstić information content (AvgIpc) is 2.62. The van der Waals surface area contributed by atoms with Crippen LogP contribution in [0.25, 0.3) is 0 Å². The van der Waals surface area contributed by atoms with Crippen LogP contribution < -0.4 is 5.32 Å². The molecule has 0 fully saturated rings. The predicted molar refractivity (Wildman–Crippen MR) is 71.3 cm³/mol. The summed E-state index contributed by atoms with van der Waals surface area (Å²) in [5.74, 6) is -2.18. The van der Waals surface area contributed by atoms with Crippen molar-refractivity contribution in [3.63, 3.8) is 0 Å². The van der Waals surface area contributed by atoms with E-state index in [4.69, 9.17) is 5.11 Å². The zero-order valence-electron chi connectivity index (χ0n) is 11.4. The van der Waals surface area contributed by atoms with Gasteiger partial charge in [-0.2, -0.15) is 5.10 Å². The van der Waals surface area contributed by atoms with Gasteiger partial charge in [-0.1, -0.05) is 0 Å². The highest BCUT2D eigenvalue weighted by atomic mass is 32.2. The molecular weight excluding hydrogens is 286 g/mol. The van der Waals surface area contributed by atoms with Crippen molar-refractivity contribution in [3.05, 3.63) is 17.0 Å². The molecule has 0 saturated carbocycles. The number of carboxylic acid groups (broad SMARTS) is 1. The Morgan fingerprint density at radius 1 is 1.40 bits per heavy atom. The molecule has 3 N–H and O–H groups in total. The number of hydrogen-bond acceptors (Lipinski definition) is 5. The fraction of sp³-hybridized carbons (Fsp3) is 0.545. The summed E-state index contributed by atoms with van der Waals surface area (Å²) in [5.41, 5.74) is 1.25. The van der Waals surface area contributed by atoms with Crippen LogP contribution in [-0.4, -0.2) is 53.6 Å². The molecule has 0 aliphatic carbocycles. The maximum Gasteiger partial charge on any atom is 0.326 e. The Balaban J connectivity index is 2.81. The van der Waals surface area contributed by atoms with Crippen molar-refractivity contribution in [2.45, 2.75) is 26.3 Å². The van der Waals surface area contributed by atoms with Crippen LogP contribution in [0.15, 0.2) is 0 Å². The highest BCUT2D eigenvalue weighted by molar-refractivity contribution is 7.90. The summed E-state index contributed by atoms with van der Waals surface area (Å²) in [6, 6.07) is -1.26. The van der Waals surface area contributed by atoms with Gasteiger partial charge in [-0.15, -0.1) is 0 Å². The highest BCUT2D eigenvalue weighted by Crippen LogP contribution is 2.10. The smallest absolute Gasteiger partial charge is 0.326 e. The van der Waals surface area contributed by atoms with Gasteiger partial charge >= 0.3 is 5.97 Å². The summed E-state index contributed by atoms with van der Waals surface area (Å²) in [7, 11) is -3.29. The quantitative estimate of drug-likeness (QED) is 0.658. The number of amides is 1. The van der Waals surface area contributed by atoms with Crippen LogP contribution in [0, 0.1) is 13.8 Å². The van der Waals surface area contributed by atoms with Crippen LogP contribution in [0.3, 0.4) is 0 Å². The van der Waals surface area contributed by atoms with Crippen molar-refractivity contribution in [1.29, 1.82) is 0 Å². The van der Waals surface area contributed by atoms with E-state index in [0.29, 0.717) is 11.4 Å². The van der Waals surface area contributed by atoms with E-state index in [0.717, 1.165) is 6.26 Å². The largest absolute Gasteiger partial charge is 0.480 e. The number of aryl methyl sites for hydroxylation is 2. The first kappa shape index (κ1) is 16.2. The van der Waals surface area contributed by atoms with Gasteiger partial charge in [0.25, 0.3) is 5.91 Å². The highest BCUT2D eigenvalue weighted by Gasteiger charge is 2.24. The van der Waals surface area contributed by atoms with Gasteiger partial charge in [-0.25, -0.2) is 13.2 Å². The first-order chi connectivity index (χ1) is 9.11. The molecule has 0 aliphatic rings. The number of sulfone groups is 1. The summed E-state index contributed by atoms with van der Waals surface area (Å²) in [5, 5.41) is 17.8. The molecule has 0 spiro atoms. The molecule has 1 rings (SSSR count). The molecule has 1 atom stereocenters. The second-order valence-electron chi connectivity index (χ2n) is 4.59. The number of hydrogen-bond donors (Lipinski definition) is 3. The van der Waals surface area contributed by atoms with Gasteiger partial charge in [-0.3, -0.25) is 9.89 Å². The number of aromatic nitrogens is 2. The molecule has 0 bridgehead atoms. The zero-order valence-corrected chi connectivity index (χ0v) is 12.2. The molecular formula is C11H17N3O5S. The normalized spacial score (nSPS) is 12.9. The van der Waals surface area contributed by atoms with Crippen LogP contribution in [0.4, 0.5) is 0 Å². The number of nitrogens with one attached hydrogen (secondary N) is 2. The lowest BCUT2D eigenvalue weighted by Gasteiger charge is -2.14. The summed E-state index contributed by atoms with van der Waals surface area (Å²) in [6.45, 7) is 3.26. The van der Waals surface area contributed by atoms with Crippen molar-refractivity contribution >= 4 is 21.7 Å². The first-order valence-electron chi connectivity index (χ1n) is 5.84. The molecule has 20 heavy (non-hydrogen) atoms. The lowest BCUT2D eigenvalue weighted by Crippen LogP contribution is -2.42. The molecule has 0 aromatic carbocycles. The van der Waals surface area contributed by atoms with E-state index in [1.807, 2.05) is 0 Å². The number of nitrogens with zero attached hydrogens (tertiary/aromatic N) is 1. The molecule has 1 aromatic rings. The SMILES string of the molecule is Cc1n[nH]c(C)c1C(=O)NC(CCS(C)(=O)=O)C(=O)O. The summed E-state index contributed by atoms with van der Waals surface area (Å²) in [6.07, 6.45) is 0.827. The maximum absolute atomic E-state index is 12.0. The average molecular weight is 303 g/mol. The molecule has 1 amide bonds. The Bertz CT molecular complexity index is 601. The van der Waals surface area contributed by atoms with E-state index >= 15 is 0 Å². The van der Waals surface area contributed by atoms with Gasteiger partial charge in [0, 0.05) is 11.9 Å². The van der Waals surface area contributed by atoms with Crippen LogP contribution in [-0.2, 0) is 14.6 Å². The molecule has 1 aromatic heterocycles. The number of carboxylic acids is 1. The minimum Gasteiger partial charge on any atom is -0.480 e. The lowest BCUT2D eigenvalue weighted by molar-refractivity contribution is -0.139. The molecule has 0 aliphatic heterocycles. The van der Waals surface area contributed by atoms with Crippen LogP contribution >= 0.6 is 0 Å². The fourth-order valence-electron chi connectivity index (χ4n) is 1.71. The van der Waals surface area contributed by atoms with Crippen LogP contribution in [0.5, 0.6) is 0 Å². The first-order valence-corrected chi connectivity index (χ1v) is 7.91. The fourth-order valence-corrected chi connectivity index (χ4v) is 2.37. The Labute approximate surface area is 116 Å². The van der Waals surface area contributed by atoms with E-state index in [9.17, 15) is 18.0 Å². The third-order valence-corrected chi connectivity index (χ3v) is 3.71. The van der Waals surface area contributed by atoms with Gasteiger partial charge in [-0.05, 0) is 20.3 Å². The predicted octanol–water partition coefficient (Wildman–Crippen LogP) is -0.356. The van der Waals surface area contributed by atoms with Crippen molar-refractivity contribution < 1.29 is 23.1 Å². The molecule has 1 unspecified atom stereocenters. The Morgan fingerprint density at radius 3 is 2.40 bits per heavy atom. The number of aliphatic carboxylic acids is 1. The van der Waals surface area contributed by atoms with Crippen molar-refractivity contribution in [2.24, 2.45) is 0 Å². The van der Waals surface area contributed by atoms with Gasteiger partial charge in [0.15, 0.2) is 0 Å². The van der Waals surface area contributed by atoms with Gasteiger partial charge in [0.1, 0.15) is 15.9 Å². The van der Waals surface area contributed by atoms with Crippen molar-refractivity contribution in [2.75, 3.05) is 12.0 Å². The number of carbonyl (C=O) groups excluding carboxylic acids is 1. The minimum absolute atomic E-state index is 0.185. The van der Waals surface area contributed by atoms with E-state index < -0.39 is 27.8 Å². The van der Waals surface area contributed by atoms with E-state index in [-0.39, 0.29) is 17.7 Å². The molecule has 0 radical (unpaired) electrons.